The number of thiazole rings is 1. The number of benzene rings is 2. The van der Waals surface area contributed by atoms with E-state index in [1.54, 1.807) is 18.2 Å². The summed E-state index contributed by atoms with van der Waals surface area (Å²) in [5.41, 5.74) is 2.69. The topological polar surface area (TPSA) is 81.9 Å². The van der Waals surface area contributed by atoms with E-state index in [0.717, 1.165) is 17.7 Å². The van der Waals surface area contributed by atoms with E-state index in [-0.39, 0.29) is 17.8 Å². The number of thioether (sulfide) groups is 1. The lowest BCUT2D eigenvalue weighted by Crippen LogP contribution is -2.14. The number of nitrogens with zero attached hydrogens (tertiary/aromatic N) is 4. The molecule has 1 amide bonds. The quantitative estimate of drug-likeness (QED) is 0.235. The second-order valence-corrected chi connectivity index (χ2v) is 10.3. The Morgan fingerprint density at radius 1 is 1.20 bits per heavy atom. The molecule has 2 aromatic carbocycles. The third-order valence-corrected chi connectivity index (χ3v) is 7.49. The van der Waals surface area contributed by atoms with Gasteiger partial charge in [-0.2, -0.15) is 0 Å². The third-order valence-electron chi connectivity index (χ3n) is 5.17. The first-order chi connectivity index (χ1) is 16.8. The molecule has 4 aromatic rings. The summed E-state index contributed by atoms with van der Waals surface area (Å²) >= 11 is 14.8. The second-order valence-electron chi connectivity index (χ2n) is 7.66. The van der Waals surface area contributed by atoms with Gasteiger partial charge in [-0.3, -0.25) is 4.79 Å². The fourth-order valence-corrected chi connectivity index (χ4v) is 5.25. The number of hydrogen-bond acceptors (Lipinski definition) is 7. The molecule has 0 aliphatic heterocycles. The van der Waals surface area contributed by atoms with Gasteiger partial charge in [0.25, 0.3) is 0 Å². The highest BCUT2D eigenvalue weighted by molar-refractivity contribution is 7.99. The SMILES string of the molecule is CCc1ccc(OC(C)c2nnc(SCC(=O)Nc3nc(-c4ccc(Cl)cc4Cl)cs3)n2C)cc1. The minimum atomic E-state index is -0.295. The second kappa shape index (κ2) is 11.4. The van der Waals surface area contributed by atoms with Gasteiger partial charge in [0.15, 0.2) is 22.2 Å². The zero-order valence-corrected chi connectivity index (χ0v) is 22.4. The monoisotopic (exact) mass is 547 g/mol. The van der Waals surface area contributed by atoms with E-state index in [1.807, 2.05) is 48.2 Å². The highest BCUT2D eigenvalue weighted by atomic mass is 35.5. The Bertz CT molecular complexity index is 1320. The number of anilines is 1. The molecule has 1 unspecified atom stereocenters. The van der Waals surface area contributed by atoms with Gasteiger partial charge in [-0.15, -0.1) is 21.5 Å². The fraction of sp³-hybridized carbons (Fsp3) is 0.250. The van der Waals surface area contributed by atoms with Crippen molar-refractivity contribution in [2.45, 2.75) is 31.5 Å². The van der Waals surface area contributed by atoms with Crippen LogP contribution in [0.25, 0.3) is 11.3 Å². The van der Waals surface area contributed by atoms with Crippen LogP contribution >= 0.6 is 46.3 Å². The molecule has 0 saturated carbocycles. The Labute approximate surface area is 221 Å². The summed E-state index contributed by atoms with van der Waals surface area (Å²) < 4.78 is 7.86. The minimum absolute atomic E-state index is 0.163. The van der Waals surface area contributed by atoms with Crippen molar-refractivity contribution in [3.63, 3.8) is 0 Å². The van der Waals surface area contributed by atoms with Crippen LogP contribution in [0, 0.1) is 0 Å². The Balaban J connectivity index is 1.33. The molecule has 2 heterocycles. The van der Waals surface area contributed by atoms with Crippen LogP contribution in [-0.4, -0.2) is 31.4 Å². The Morgan fingerprint density at radius 2 is 1.97 bits per heavy atom. The summed E-state index contributed by atoms with van der Waals surface area (Å²) in [6.07, 6.45) is 0.685. The van der Waals surface area contributed by atoms with Crippen molar-refractivity contribution in [3.05, 3.63) is 69.3 Å². The van der Waals surface area contributed by atoms with Crippen molar-refractivity contribution in [1.29, 1.82) is 0 Å². The number of aryl methyl sites for hydroxylation is 1. The molecular formula is C24H23Cl2N5O2S2. The predicted octanol–water partition coefficient (Wildman–Crippen LogP) is 6.68. The van der Waals surface area contributed by atoms with Gasteiger partial charge < -0.3 is 14.6 Å². The van der Waals surface area contributed by atoms with Gasteiger partial charge in [0.1, 0.15) is 5.75 Å². The Morgan fingerprint density at radius 3 is 2.69 bits per heavy atom. The van der Waals surface area contributed by atoms with Crippen LogP contribution in [0.3, 0.4) is 0 Å². The molecule has 11 heteroatoms. The maximum absolute atomic E-state index is 12.5. The summed E-state index contributed by atoms with van der Waals surface area (Å²) in [5.74, 6) is 1.42. The van der Waals surface area contributed by atoms with Gasteiger partial charge in [0.05, 0.1) is 16.5 Å². The molecule has 182 valence electrons. The fourth-order valence-electron chi connectivity index (χ4n) is 3.30. The zero-order chi connectivity index (χ0) is 24.9. The van der Waals surface area contributed by atoms with E-state index in [2.05, 4.69) is 27.4 Å². The van der Waals surface area contributed by atoms with Crippen LogP contribution in [0.4, 0.5) is 5.13 Å². The van der Waals surface area contributed by atoms with Crippen LogP contribution in [0.1, 0.15) is 31.3 Å². The Kier molecular flexibility index (Phi) is 8.33. The molecule has 35 heavy (non-hydrogen) atoms. The number of nitrogens with one attached hydrogen (secondary N) is 1. The van der Waals surface area contributed by atoms with Crippen LogP contribution < -0.4 is 10.1 Å². The molecule has 1 N–H and O–H groups in total. The van der Waals surface area contributed by atoms with Crippen molar-refractivity contribution < 1.29 is 9.53 Å². The minimum Gasteiger partial charge on any atom is -0.483 e. The van der Waals surface area contributed by atoms with Crippen LogP contribution in [-0.2, 0) is 18.3 Å². The van der Waals surface area contributed by atoms with Crippen molar-refractivity contribution in [2.24, 2.45) is 7.05 Å². The first-order valence-electron chi connectivity index (χ1n) is 10.8. The summed E-state index contributed by atoms with van der Waals surface area (Å²) in [7, 11) is 1.86. The maximum atomic E-state index is 12.5. The number of amides is 1. The lowest BCUT2D eigenvalue weighted by atomic mass is 10.2. The highest BCUT2D eigenvalue weighted by Crippen LogP contribution is 2.32. The summed E-state index contributed by atoms with van der Waals surface area (Å²) in [5, 5.41) is 15.3. The predicted molar refractivity (Wildman–Crippen MR) is 143 cm³/mol. The zero-order valence-electron chi connectivity index (χ0n) is 19.3. The lowest BCUT2D eigenvalue weighted by Gasteiger charge is -2.14. The number of aromatic nitrogens is 4. The summed E-state index contributed by atoms with van der Waals surface area (Å²) in [4.78, 5) is 17.0. The molecule has 0 saturated heterocycles. The molecule has 0 aliphatic rings. The van der Waals surface area contributed by atoms with E-state index < -0.39 is 0 Å². The van der Waals surface area contributed by atoms with Gasteiger partial charge in [-0.05, 0) is 49.2 Å². The molecule has 0 radical (unpaired) electrons. The third kappa shape index (κ3) is 6.35. The number of hydrogen-bond donors (Lipinski definition) is 1. The molecule has 1 atom stereocenters. The normalized spacial score (nSPS) is 11.9. The molecule has 0 fully saturated rings. The van der Waals surface area contributed by atoms with Gasteiger partial charge in [0, 0.05) is 23.0 Å². The van der Waals surface area contributed by atoms with Gasteiger partial charge in [0.2, 0.25) is 5.91 Å². The summed E-state index contributed by atoms with van der Waals surface area (Å²) in [6, 6.07) is 13.2. The van der Waals surface area contributed by atoms with Crippen molar-refractivity contribution >= 4 is 57.3 Å². The summed E-state index contributed by atoms with van der Waals surface area (Å²) in [6.45, 7) is 4.04. The standard InChI is InChI=1S/C24H23Cl2N5O2S2/c1-4-15-5-8-17(9-6-15)33-14(2)22-29-30-24(31(22)3)35-13-21(32)28-23-27-20(12-34-23)18-10-7-16(25)11-19(18)26/h5-12,14H,4,13H2,1-3H3,(H,27,28,32). The molecule has 4 rings (SSSR count). The van der Waals surface area contributed by atoms with Crippen molar-refractivity contribution in [1.82, 2.24) is 19.7 Å². The van der Waals surface area contributed by atoms with Gasteiger partial charge in [-0.1, -0.05) is 54.0 Å². The smallest absolute Gasteiger partial charge is 0.236 e. The highest BCUT2D eigenvalue weighted by Gasteiger charge is 2.18. The van der Waals surface area contributed by atoms with Gasteiger partial charge in [-0.25, -0.2) is 4.98 Å². The number of rotatable bonds is 9. The Hall–Kier alpha value is -2.59. The first kappa shape index (κ1) is 25.5. The largest absolute Gasteiger partial charge is 0.483 e. The number of ether oxygens (including phenoxy) is 1. The maximum Gasteiger partial charge on any atom is 0.236 e. The average molecular weight is 549 g/mol. The molecule has 0 bridgehead atoms. The van der Waals surface area contributed by atoms with Gasteiger partial charge >= 0.3 is 0 Å². The van der Waals surface area contributed by atoms with E-state index in [9.17, 15) is 4.79 Å². The van der Waals surface area contributed by atoms with Crippen LogP contribution in [0.2, 0.25) is 10.0 Å². The van der Waals surface area contributed by atoms with E-state index >= 15 is 0 Å². The molecular weight excluding hydrogens is 525 g/mol. The molecule has 7 nitrogen and oxygen atoms in total. The van der Waals surface area contributed by atoms with E-state index in [1.165, 1.54) is 28.7 Å². The number of halogens is 2. The number of carbonyl (C=O) groups excluding carboxylic acids is 1. The molecule has 0 aliphatic carbocycles. The van der Waals surface area contributed by atoms with Crippen LogP contribution in [0.5, 0.6) is 5.75 Å². The van der Waals surface area contributed by atoms with Crippen molar-refractivity contribution in [2.75, 3.05) is 11.1 Å². The lowest BCUT2D eigenvalue weighted by molar-refractivity contribution is -0.113. The first-order valence-corrected chi connectivity index (χ1v) is 13.4. The number of carbonyl (C=O) groups is 1. The average Bonchev–Trinajstić information content (AvgIpc) is 3.44. The van der Waals surface area contributed by atoms with E-state index in [4.69, 9.17) is 27.9 Å². The molecule has 0 spiro atoms. The molecule has 2 aromatic heterocycles. The van der Waals surface area contributed by atoms with Crippen LogP contribution in [0.15, 0.2) is 53.0 Å². The van der Waals surface area contributed by atoms with Crippen molar-refractivity contribution in [3.8, 4) is 17.0 Å². The van der Waals surface area contributed by atoms with E-state index in [0.29, 0.717) is 31.9 Å².